The lowest BCUT2D eigenvalue weighted by atomic mass is 9.79. The molecule has 0 saturated carbocycles. The van der Waals surface area contributed by atoms with E-state index in [-0.39, 0.29) is 0 Å². The van der Waals surface area contributed by atoms with Crippen LogP contribution in [0.1, 0.15) is 110 Å². The summed E-state index contributed by atoms with van der Waals surface area (Å²) >= 11 is 0. The van der Waals surface area contributed by atoms with Crippen LogP contribution in [0.2, 0.25) is 0 Å². The summed E-state index contributed by atoms with van der Waals surface area (Å²) < 4.78 is 0. The highest BCUT2D eigenvalue weighted by Gasteiger charge is 2.22. The molecule has 1 heterocycles. The molecule has 0 aliphatic carbocycles. The maximum Gasteiger partial charge on any atom is -0.00462 e. The van der Waals surface area contributed by atoms with Crippen LogP contribution in [0.4, 0.5) is 0 Å². The molecular formula is C21H43N. The summed E-state index contributed by atoms with van der Waals surface area (Å²) in [5, 5.41) is 3.54. The maximum atomic E-state index is 3.54. The number of rotatable bonds is 14. The molecule has 0 amide bonds. The SMILES string of the molecule is CCCCCCCCC(CCCCCCC)C1CCNCC1. The Morgan fingerprint density at radius 1 is 0.682 bits per heavy atom. The molecule has 1 heteroatoms. The van der Waals surface area contributed by atoms with Crippen molar-refractivity contribution in [1.29, 1.82) is 0 Å². The second-order valence-electron chi connectivity index (χ2n) is 7.61. The summed E-state index contributed by atoms with van der Waals surface area (Å²) in [6.45, 7) is 7.17. The second kappa shape index (κ2) is 14.5. The fourth-order valence-corrected chi connectivity index (χ4v) is 4.13. The van der Waals surface area contributed by atoms with Crippen molar-refractivity contribution in [3.63, 3.8) is 0 Å². The lowest BCUT2D eigenvalue weighted by Crippen LogP contribution is -2.31. The third-order valence-electron chi connectivity index (χ3n) is 5.66. The molecule has 1 atom stereocenters. The molecule has 22 heavy (non-hydrogen) atoms. The van der Waals surface area contributed by atoms with E-state index >= 15 is 0 Å². The summed E-state index contributed by atoms with van der Waals surface area (Å²) in [6, 6.07) is 0. The van der Waals surface area contributed by atoms with Gasteiger partial charge in [-0.05, 0) is 37.8 Å². The van der Waals surface area contributed by atoms with E-state index in [4.69, 9.17) is 0 Å². The monoisotopic (exact) mass is 309 g/mol. The molecule has 0 aromatic rings. The van der Waals surface area contributed by atoms with E-state index in [2.05, 4.69) is 19.2 Å². The average Bonchev–Trinajstić information content (AvgIpc) is 2.56. The van der Waals surface area contributed by atoms with Crippen molar-refractivity contribution in [3.05, 3.63) is 0 Å². The van der Waals surface area contributed by atoms with E-state index in [9.17, 15) is 0 Å². The highest BCUT2D eigenvalue weighted by molar-refractivity contribution is 4.76. The number of piperidine rings is 1. The zero-order valence-electron chi connectivity index (χ0n) is 15.7. The van der Waals surface area contributed by atoms with Crippen LogP contribution >= 0.6 is 0 Å². The molecule has 1 rings (SSSR count). The quantitative estimate of drug-likeness (QED) is 0.351. The molecule has 0 aromatic heterocycles. The van der Waals surface area contributed by atoms with Crippen molar-refractivity contribution in [3.8, 4) is 0 Å². The van der Waals surface area contributed by atoms with Gasteiger partial charge >= 0.3 is 0 Å². The van der Waals surface area contributed by atoms with E-state index in [1.54, 1.807) is 0 Å². The number of unbranched alkanes of at least 4 members (excludes halogenated alkanes) is 9. The Hall–Kier alpha value is -0.0400. The fourth-order valence-electron chi connectivity index (χ4n) is 4.13. The summed E-state index contributed by atoms with van der Waals surface area (Å²) in [4.78, 5) is 0. The predicted octanol–water partition coefficient (Wildman–Crippen LogP) is 6.71. The molecule has 1 nitrogen and oxygen atoms in total. The zero-order chi connectivity index (χ0) is 15.9. The average molecular weight is 310 g/mol. The van der Waals surface area contributed by atoms with Crippen molar-refractivity contribution >= 4 is 0 Å². The molecule has 1 saturated heterocycles. The van der Waals surface area contributed by atoms with Crippen molar-refractivity contribution in [2.75, 3.05) is 13.1 Å². The van der Waals surface area contributed by atoms with Crippen molar-refractivity contribution in [2.24, 2.45) is 11.8 Å². The molecule has 1 fully saturated rings. The van der Waals surface area contributed by atoms with E-state index in [1.165, 1.54) is 109 Å². The Balaban J connectivity index is 2.18. The van der Waals surface area contributed by atoms with Crippen molar-refractivity contribution in [1.82, 2.24) is 5.32 Å². The Morgan fingerprint density at radius 3 is 1.64 bits per heavy atom. The minimum atomic E-state index is 1.03. The molecule has 0 aromatic carbocycles. The largest absolute Gasteiger partial charge is 0.317 e. The third kappa shape index (κ3) is 9.87. The first-order chi connectivity index (χ1) is 10.9. The Kier molecular flexibility index (Phi) is 13.2. The second-order valence-corrected chi connectivity index (χ2v) is 7.61. The normalized spacial score (nSPS) is 17.7. The molecule has 132 valence electrons. The van der Waals surface area contributed by atoms with Gasteiger partial charge in [0, 0.05) is 0 Å². The standard InChI is InChI=1S/C21H43N/c1-3-5-7-9-11-13-15-20(14-12-10-8-6-4-2)21-16-18-22-19-17-21/h20-22H,3-19H2,1-2H3. The van der Waals surface area contributed by atoms with Gasteiger partial charge in [-0.1, -0.05) is 97.3 Å². The van der Waals surface area contributed by atoms with Gasteiger partial charge in [0.1, 0.15) is 0 Å². The molecule has 0 spiro atoms. The van der Waals surface area contributed by atoms with Crippen LogP contribution in [0, 0.1) is 11.8 Å². The highest BCUT2D eigenvalue weighted by atomic mass is 14.9. The van der Waals surface area contributed by atoms with Crippen LogP contribution < -0.4 is 5.32 Å². The Bertz CT molecular complexity index is 220. The first-order valence-electron chi connectivity index (χ1n) is 10.6. The van der Waals surface area contributed by atoms with E-state index in [0.717, 1.165) is 11.8 Å². The van der Waals surface area contributed by atoms with Crippen LogP contribution in [0.25, 0.3) is 0 Å². The minimum Gasteiger partial charge on any atom is -0.317 e. The van der Waals surface area contributed by atoms with Gasteiger partial charge < -0.3 is 5.32 Å². The molecule has 0 bridgehead atoms. The van der Waals surface area contributed by atoms with Crippen LogP contribution in [0.15, 0.2) is 0 Å². The van der Waals surface area contributed by atoms with Crippen LogP contribution in [-0.2, 0) is 0 Å². The van der Waals surface area contributed by atoms with Crippen LogP contribution in [0.5, 0.6) is 0 Å². The number of hydrogen-bond acceptors (Lipinski definition) is 1. The van der Waals surface area contributed by atoms with E-state index in [1.807, 2.05) is 0 Å². The third-order valence-corrected chi connectivity index (χ3v) is 5.66. The van der Waals surface area contributed by atoms with Crippen LogP contribution in [0.3, 0.4) is 0 Å². The first kappa shape index (κ1) is 20.0. The van der Waals surface area contributed by atoms with Crippen molar-refractivity contribution in [2.45, 2.75) is 110 Å². The minimum absolute atomic E-state index is 1.03. The molecule has 1 N–H and O–H groups in total. The summed E-state index contributed by atoms with van der Waals surface area (Å²) in [5.41, 5.74) is 0. The lowest BCUT2D eigenvalue weighted by Gasteiger charge is -2.31. The molecule has 0 radical (unpaired) electrons. The molecule has 1 aliphatic rings. The van der Waals surface area contributed by atoms with Gasteiger partial charge in [0.25, 0.3) is 0 Å². The van der Waals surface area contributed by atoms with Gasteiger partial charge in [-0.25, -0.2) is 0 Å². The zero-order valence-corrected chi connectivity index (χ0v) is 15.7. The molecule has 1 aliphatic heterocycles. The highest BCUT2D eigenvalue weighted by Crippen LogP contribution is 2.31. The summed E-state index contributed by atoms with van der Waals surface area (Å²) in [7, 11) is 0. The van der Waals surface area contributed by atoms with Gasteiger partial charge in [-0.15, -0.1) is 0 Å². The Morgan fingerprint density at radius 2 is 1.14 bits per heavy atom. The van der Waals surface area contributed by atoms with E-state index < -0.39 is 0 Å². The Labute approximate surface area is 141 Å². The summed E-state index contributed by atoms with van der Waals surface area (Å²) in [6.07, 6.45) is 21.9. The topological polar surface area (TPSA) is 12.0 Å². The fraction of sp³-hybridized carbons (Fsp3) is 1.00. The predicted molar refractivity (Wildman–Crippen MR) is 100 cm³/mol. The lowest BCUT2D eigenvalue weighted by molar-refractivity contribution is 0.223. The summed E-state index contributed by atoms with van der Waals surface area (Å²) in [5.74, 6) is 2.07. The van der Waals surface area contributed by atoms with Gasteiger partial charge in [0.2, 0.25) is 0 Å². The van der Waals surface area contributed by atoms with Crippen LogP contribution in [-0.4, -0.2) is 13.1 Å². The van der Waals surface area contributed by atoms with Gasteiger partial charge in [-0.3, -0.25) is 0 Å². The number of nitrogens with one attached hydrogen (secondary N) is 1. The van der Waals surface area contributed by atoms with E-state index in [0.29, 0.717) is 0 Å². The first-order valence-corrected chi connectivity index (χ1v) is 10.6. The molecular weight excluding hydrogens is 266 g/mol. The number of hydrogen-bond donors (Lipinski definition) is 1. The van der Waals surface area contributed by atoms with Crippen molar-refractivity contribution < 1.29 is 0 Å². The van der Waals surface area contributed by atoms with Gasteiger partial charge in [0.05, 0.1) is 0 Å². The smallest absolute Gasteiger partial charge is 0.00462 e. The maximum absolute atomic E-state index is 3.54. The molecule has 1 unspecified atom stereocenters. The van der Waals surface area contributed by atoms with Gasteiger partial charge in [0.15, 0.2) is 0 Å². The van der Waals surface area contributed by atoms with Gasteiger partial charge in [-0.2, -0.15) is 0 Å².